The number of allylic oxidation sites excluding steroid dienone is 1. The zero-order valence-corrected chi connectivity index (χ0v) is 18.5. The van der Waals surface area contributed by atoms with Gasteiger partial charge in [-0.25, -0.2) is 0 Å². The van der Waals surface area contributed by atoms with E-state index >= 15 is 0 Å². The van der Waals surface area contributed by atoms with E-state index < -0.39 is 17.6 Å². The highest BCUT2D eigenvalue weighted by Gasteiger charge is 2.38. The van der Waals surface area contributed by atoms with Gasteiger partial charge in [-0.1, -0.05) is 44.2 Å². The molecule has 0 saturated carbocycles. The van der Waals surface area contributed by atoms with Gasteiger partial charge in [0.2, 0.25) is 5.91 Å². The Balaban J connectivity index is 1.64. The number of ketones is 1. The smallest absolute Gasteiger partial charge is 0.347 e. The molecule has 3 rings (SSSR count). The Labute approximate surface area is 185 Å². The summed E-state index contributed by atoms with van der Waals surface area (Å²) in [5.74, 6) is -0.825. The molecule has 0 aliphatic carbocycles. The number of carbonyl (C=O) groups excluding carboxylic acids is 2. The minimum absolute atomic E-state index is 0.0435. The van der Waals surface area contributed by atoms with Gasteiger partial charge in [0, 0.05) is 29.9 Å². The Hall–Kier alpha value is -3.13. The van der Waals surface area contributed by atoms with Crippen LogP contribution in [-0.4, -0.2) is 43.8 Å². The molecule has 170 valence electrons. The molecule has 1 aliphatic rings. The van der Waals surface area contributed by atoms with Crippen LogP contribution >= 0.6 is 0 Å². The SMILES string of the molecule is CN(CC(=O)/C=C1/N(C)c2ccccc2C1(C)C)CC(=O)Nc1ccccc1C(F)(F)F. The molecule has 0 atom stereocenters. The fourth-order valence-electron chi connectivity index (χ4n) is 4.05. The number of carbonyl (C=O) groups is 2. The first-order valence-corrected chi connectivity index (χ1v) is 10.1. The first-order chi connectivity index (χ1) is 14.9. The quantitative estimate of drug-likeness (QED) is 0.668. The molecule has 8 heteroatoms. The average molecular weight is 445 g/mol. The summed E-state index contributed by atoms with van der Waals surface area (Å²) >= 11 is 0. The average Bonchev–Trinajstić information content (AvgIpc) is 2.88. The summed E-state index contributed by atoms with van der Waals surface area (Å²) < 4.78 is 39.3. The van der Waals surface area contributed by atoms with Crippen LogP contribution in [0, 0.1) is 0 Å². The molecule has 0 fully saturated rings. The molecule has 32 heavy (non-hydrogen) atoms. The summed E-state index contributed by atoms with van der Waals surface area (Å²) in [6.07, 6.45) is -3.00. The van der Waals surface area contributed by atoms with E-state index in [4.69, 9.17) is 0 Å². The van der Waals surface area contributed by atoms with Crippen molar-refractivity contribution >= 4 is 23.1 Å². The van der Waals surface area contributed by atoms with Crippen LogP contribution in [0.4, 0.5) is 24.5 Å². The minimum atomic E-state index is -4.57. The lowest BCUT2D eigenvalue weighted by molar-refractivity contribution is -0.137. The number of hydrogen-bond acceptors (Lipinski definition) is 4. The van der Waals surface area contributed by atoms with Gasteiger partial charge < -0.3 is 10.2 Å². The van der Waals surface area contributed by atoms with Gasteiger partial charge in [-0.05, 0) is 30.8 Å². The molecule has 1 aliphatic heterocycles. The molecule has 0 bridgehead atoms. The number of fused-ring (bicyclic) bond motifs is 1. The van der Waals surface area contributed by atoms with Crippen LogP contribution in [-0.2, 0) is 21.2 Å². The van der Waals surface area contributed by atoms with E-state index in [9.17, 15) is 22.8 Å². The second-order valence-electron chi connectivity index (χ2n) is 8.46. The highest BCUT2D eigenvalue weighted by atomic mass is 19.4. The zero-order valence-electron chi connectivity index (χ0n) is 18.5. The minimum Gasteiger partial charge on any atom is -0.347 e. The van der Waals surface area contributed by atoms with Crippen LogP contribution in [0.1, 0.15) is 25.0 Å². The lowest BCUT2D eigenvalue weighted by atomic mass is 9.83. The Kier molecular flexibility index (Phi) is 6.46. The number of para-hydroxylation sites is 2. The van der Waals surface area contributed by atoms with Crippen LogP contribution in [0.2, 0.25) is 0 Å². The van der Waals surface area contributed by atoms with Gasteiger partial charge in [0.15, 0.2) is 5.78 Å². The van der Waals surface area contributed by atoms with E-state index in [1.807, 2.05) is 50.1 Å². The van der Waals surface area contributed by atoms with Gasteiger partial charge in [-0.3, -0.25) is 14.5 Å². The van der Waals surface area contributed by atoms with Crippen molar-refractivity contribution in [1.82, 2.24) is 4.90 Å². The number of amides is 1. The van der Waals surface area contributed by atoms with Gasteiger partial charge in [-0.2, -0.15) is 13.2 Å². The van der Waals surface area contributed by atoms with Crippen molar-refractivity contribution in [1.29, 1.82) is 0 Å². The van der Waals surface area contributed by atoms with Crippen LogP contribution in [0.15, 0.2) is 60.3 Å². The molecule has 1 heterocycles. The Bertz CT molecular complexity index is 1060. The van der Waals surface area contributed by atoms with Gasteiger partial charge in [0.25, 0.3) is 0 Å². The van der Waals surface area contributed by atoms with Crippen molar-refractivity contribution in [3.05, 3.63) is 71.4 Å². The Morgan fingerprint density at radius 3 is 2.34 bits per heavy atom. The molecule has 0 unspecified atom stereocenters. The maximum Gasteiger partial charge on any atom is 0.418 e. The molecular weight excluding hydrogens is 419 g/mol. The maximum absolute atomic E-state index is 13.1. The van der Waals surface area contributed by atoms with Crippen LogP contribution in [0.3, 0.4) is 0 Å². The van der Waals surface area contributed by atoms with E-state index in [0.29, 0.717) is 0 Å². The first kappa shape index (κ1) is 23.5. The lowest BCUT2D eigenvalue weighted by Crippen LogP contribution is -2.34. The number of alkyl halides is 3. The van der Waals surface area contributed by atoms with Crippen molar-refractivity contribution in [2.45, 2.75) is 25.4 Å². The molecule has 0 spiro atoms. The summed E-state index contributed by atoms with van der Waals surface area (Å²) in [7, 11) is 3.48. The van der Waals surface area contributed by atoms with Crippen molar-refractivity contribution in [2.75, 3.05) is 37.4 Å². The fraction of sp³-hybridized carbons (Fsp3) is 0.333. The third-order valence-electron chi connectivity index (χ3n) is 5.58. The van der Waals surface area contributed by atoms with E-state index in [-0.39, 0.29) is 30.0 Å². The third-order valence-corrected chi connectivity index (χ3v) is 5.58. The van der Waals surface area contributed by atoms with Crippen molar-refractivity contribution < 1.29 is 22.8 Å². The Morgan fingerprint density at radius 1 is 1.06 bits per heavy atom. The van der Waals surface area contributed by atoms with E-state index in [2.05, 4.69) is 5.32 Å². The van der Waals surface area contributed by atoms with Crippen LogP contribution < -0.4 is 10.2 Å². The summed E-state index contributed by atoms with van der Waals surface area (Å²) in [4.78, 5) is 28.4. The predicted octanol–water partition coefficient (Wildman–Crippen LogP) is 4.46. The van der Waals surface area contributed by atoms with Crippen molar-refractivity contribution in [3.63, 3.8) is 0 Å². The molecule has 1 amide bonds. The number of rotatable bonds is 6. The maximum atomic E-state index is 13.1. The summed E-state index contributed by atoms with van der Waals surface area (Å²) in [5, 5.41) is 2.29. The number of nitrogens with one attached hydrogen (secondary N) is 1. The highest BCUT2D eigenvalue weighted by molar-refractivity contribution is 5.96. The van der Waals surface area contributed by atoms with Crippen molar-refractivity contribution in [3.8, 4) is 0 Å². The molecule has 0 aromatic heterocycles. The molecule has 1 N–H and O–H groups in total. The number of nitrogens with zero attached hydrogens (tertiary/aromatic N) is 2. The van der Waals surface area contributed by atoms with Crippen molar-refractivity contribution in [2.24, 2.45) is 0 Å². The topological polar surface area (TPSA) is 52.7 Å². The Morgan fingerprint density at radius 2 is 1.69 bits per heavy atom. The van der Waals surface area contributed by atoms with E-state index in [1.54, 1.807) is 13.1 Å². The van der Waals surface area contributed by atoms with Gasteiger partial charge in [0.1, 0.15) is 0 Å². The molecule has 2 aromatic rings. The standard InChI is InChI=1S/C24H26F3N3O2/c1-23(2)18-10-6-8-12-20(18)30(4)21(23)13-16(31)14-29(3)15-22(32)28-19-11-7-5-9-17(19)24(25,26)27/h5-13H,14-15H2,1-4H3,(H,28,32)/b21-13+. The first-order valence-electron chi connectivity index (χ1n) is 10.1. The number of hydrogen-bond donors (Lipinski definition) is 1. The number of benzene rings is 2. The van der Waals surface area contributed by atoms with E-state index in [0.717, 1.165) is 23.0 Å². The highest BCUT2D eigenvalue weighted by Crippen LogP contribution is 2.46. The fourth-order valence-corrected chi connectivity index (χ4v) is 4.05. The predicted molar refractivity (Wildman–Crippen MR) is 119 cm³/mol. The molecule has 5 nitrogen and oxygen atoms in total. The van der Waals surface area contributed by atoms with Crippen LogP contribution in [0.25, 0.3) is 0 Å². The largest absolute Gasteiger partial charge is 0.418 e. The lowest BCUT2D eigenvalue weighted by Gasteiger charge is -2.24. The summed E-state index contributed by atoms with van der Waals surface area (Å²) in [6.45, 7) is 3.83. The second kappa shape index (κ2) is 8.78. The molecule has 2 aromatic carbocycles. The van der Waals surface area contributed by atoms with E-state index in [1.165, 1.54) is 23.1 Å². The number of likely N-dealkylation sites (N-methyl/N-ethyl adjacent to an activating group) is 2. The monoisotopic (exact) mass is 445 g/mol. The summed E-state index contributed by atoms with van der Waals surface area (Å²) in [6, 6.07) is 12.7. The van der Waals surface area contributed by atoms with Gasteiger partial charge in [0.05, 0.1) is 24.3 Å². The summed E-state index contributed by atoms with van der Waals surface area (Å²) in [5.41, 5.74) is 1.44. The van der Waals surface area contributed by atoms with Gasteiger partial charge in [-0.15, -0.1) is 0 Å². The number of halogens is 3. The molecular formula is C24H26F3N3O2. The molecule has 0 saturated heterocycles. The second-order valence-corrected chi connectivity index (χ2v) is 8.46. The molecule has 0 radical (unpaired) electrons. The normalized spacial score (nSPS) is 16.4. The number of anilines is 2. The zero-order chi connectivity index (χ0) is 23.7. The third kappa shape index (κ3) is 4.85. The van der Waals surface area contributed by atoms with Gasteiger partial charge >= 0.3 is 6.18 Å². The van der Waals surface area contributed by atoms with Crippen LogP contribution in [0.5, 0.6) is 0 Å².